The van der Waals surface area contributed by atoms with Gasteiger partial charge in [0, 0.05) is 0 Å². The van der Waals surface area contributed by atoms with Crippen LogP contribution >= 0.6 is 0 Å². The molecule has 0 fully saturated rings. The maximum absolute atomic E-state index is 11.1. The fourth-order valence-electron chi connectivity index (χ4n) is 1.04. The van der Waals surface area contributed by atoms with E-state index in [1.165, 1.54) is 6.92 Å². The lowest BCUT2D eigenvalue weighted by Gasteiger charge is -2.18. The number of Topliss-reactive ketones (excluding diaryl/α,β-unsaturated/α-hetero) is 1. The van der Waals surface area contributed by atoms with Crippen LogP contribution < -0.4 is 5.32 Å². The van der Waals surface area contributed by atoms with Gasteiger partial charge in [0.1, 0.15) is 0 Å². The van der Waals surface area contributed by atoms with Crippen LogP contribution in [0.1, 0.15) is 41.5 Å². The van der Waals surface area contributed by atoms with Crippen molar-refractivity contribution in [3.8, 4) is 0 Å². The van der Waals surface area contributed by atoms with Crippen molar-refractivity contribution < 1.29 is 14.3 Å². The second-order valence-electron chi connectivity index (χ2n) is 3.20. The first-order chi connectivity index (χ1) is 6.99. The van der Waals surface area contributed by atoms with E-state index < -0.39 is 12.1 Å². The van der Waals surface area contributed by atoms with Crippen molar-refractivity contribution >= 4 is 11.9 Å². The van der Waals surface area contributed by atoms with Gasteiger partial charge in [0.05, 0.1) is 12.6 Å². The molecule has 15 heavy (non-hydrogen) atoms. The molecule has 0 aliphatic carbocycles. The fourth-order valence-corrected chi connectivity index (χ4v) is 1.04. The lowest BCUT2D eigenvalue weighted by atomic mass is 10.0. The van der Waals surface area contributed by atoms with Crippen molar-refractivity contribution in [2.24, 2.45) is 5.92 Å². The lowest BCUT2D eigenvalue weighted by Crippen LogP contribution is -2.43. The van der Waals surface area contributed by atoms with Crippen molar-refractivity contribution in [3.05, 3.63) is 0 Å². The molecule has 4 nitrogen and oxygen atoms in total. The monoisotopic (exact) mass is 217 g/mol. The molecule has 0 aromatic carbocycles. The molecule has 0 aliphatic heterocycles. The molecule has 0 aromatic rings. The van der Waals surface area contributed by atoms with Crippen molar-refractivity contribution in [3.63, 3.8) is 0 Å². The van der Waals surface area contributed by atoms with Crippen LogP contribution in [-0.2, 0) is 9.53 Å². The Morgan fingerprint density at radius 3 is 2.00 bits per heavy atom. The van der Waals surface area contributed by atoms with Crippen LogP contribution in [0.4, 0.5) is 4.79 Å². The Bertz CT molecular complexity index is 190. The molecular weight excluding hydrogens is 194 g/mol. The Morgan fingerprint density at radius 1 is 1.27 bits per heavy atom. The molecule has 1 amide bonds. The van der Waals surface area contributed by atoms with E-state index in [9.17, 15) is 9.59 Å². The third-order valence-corrected chi connectivity index (χ3v) is 1.65. The quantitative estimate of drug-likeness (QED) is 0.786. The van der Waals surface area contributed by atoms with Crippen LogP contribution in [0.3, 0.4) is 0 Å². The van der Waals surface area contributed by atoms with Gasteiger partial charge in [0.25, 0.3) is 0 Å². The third kappa shape index (κ3) is 7.97. The predicted octanol–water partition coefficient (Wildman–Crippen LogP) is 2.37. The van der Waals surface area contributed by atoms with Crippen molar-refractivity contribution in [2.45, 2.75) is 47.6 Å². The Balaban J connectivity index is 0. The summed E-state index contributed by atoms with van der Waals surface area (Å²) in [5.74, 6) is 0.0324. The average Bonchev–Trinajstić information content (AvgIpc) is 2.17. The van der Waals surface area contributed by atoms with Crippen molar-refractivity contribution in [1.29, 1.82) is 0 Å². The second kappa shape index (κ2) is 9.49. The highest BCUT2D eigenvalue weighted by atomic mass is 16.5. The summed E-state index contributed by atoms with van der Waals surface area (Å²) in [5, 5.41) is 2.51. The highest BCUT2D eigenvalue weighted by Gasteiger charge is 2.20. The topological polar surface area (TPSA) is 55.4 Å². The number of hydrogen-bond donors (Lipinski definition) is 1. The highest BCUT2D eigenvalue weighted by Crippen LogP contribution is 2.02. The van der Waals surface area contributed by atoms with Gasteiger partial charge < -0.3 is 10.1 Å². The summed E-state index contributed by atoms with van der Waals surface area (Å²) < 4.78 is 4.67. The second-order valence-corrected chi connectivity index (χ2v) is 3.20. The number of amides is 1. The summed E-state index contributed by atoms with van der Waals surface area (Å²) in [6, 6.07) is -0.445. The SMILES string of the molecule is CC.CCOC(=O)N[C@@H](C(C)=O)C(C)C. The van der Waals surface area contributed by atoms with Gasteiger partial charge in [-0.05, 0) is 19.8 Å². The molecule has 0 radical (unpaired) electrons. The van der Waals surface area contributed by atoms with Gasteiger partial charge >= 0.3 is 6.09 Å². The molecular formula is C11H23NO3. The maximum Gasteiger partial charge on any atom is 0.407 e. The number of carbonyl (C=O) groups excluding carboxylic acids is 2. The molecule has 0 heterocycles. The standard InChI is InChI=1S/C9H17NO3.C2H6/c1-5-13-9(12)10-8(6(2)3)7(4)11;1-2/h6,8H,5H2,1-4H3,(H,10,12);1-2H3/t8-;/m1./s1. The normalized spacial score (nSPS) is 11.1. The lowest BCUT2D eigenvalue weighted by molar-refractivity contribution is -0.119. The Hall–Kier alpha value is -1.06. The zero-order chi connectivity index (χ0) is 12.4. The maximum atomic E-state index is 11.1. The van der Waals surface area contributed by atoms with Gasteiger partial charge in [0.15, 0.2) is 5.78 Å². The largest absolute Gasteiger partial charge is 0.450 e. The Morgan fingerprint density at radius 2 is 1.73 bits per heavy atom. The van der Waals surface area contributed by atoms with Crippen LogP contribution in [-0.4, -0.2) is 24.5 Å². The van der Waals surface area contributed by atoms with Gasteiger partial charge in [-0.3, -0.25) is 4.79 Å². The Kier molecular flexibility index (Phi) is 10.4. The van der Waals surface area contributed by atoms with E-state index in [-0.39, 0.29) is 11.7 Å². The molecule has 0 bridgehead atoms. The summed E-state index contributed by atoms with van der Waals surface area (Å²) in [7, 11) is 0. The minimum absolute atomic E-state index is 0.0527. The number of ether oxygens (including phenoxy) is 1. The first kappa shape index (κ1) is 16.4. The average molecular weight is 217 g/mol. The summed E-state index contributed by atoms with van der Waals surface area (Å²) in [4.78, 5) is 22.0. The predicted molar refractivity (Wildman–Crippen MR) is 60.8 cm³/mol. The molecule has 90 valence electrons. The van der Waals surface area contributed by atoms with E-state index in [1.807, 2.05) is 27.7 Å². The molecule has 1 atom stereocenters. The number of carbonyl (C=O) groups is 2. The van der Waals surface area contributed by atoms with Crippen molar-refractivity contribution in [1.82, 2.24) is 5.32 Å². The molecule has 0 unspecified atom stereocenters. The van der Waals surface area contributed by atoms with Crippen LogP contribution in [0, 0.1) is 5.92 Å². The van der Waals surface area contributed by atoms with Crippen LogP contribution in [0.25, 0.3) is 0 Å². The summed E-state index contributed by atoms with van der Waals surface area (Å²) in [5.41, 5.74) is 0. The van der Waals surface area contributed by atoms with Crippen molar-refractivity contribution in [2.75, 3.05) is 6.61 Å². The number of alkyl carbamates (subject to hydrolysis) is 1. The van der Waals surface area contributed by atoms with E-state index in [1.54, 1.807) is 6.92 Å². The first-order valence-electron chi connectivity index (χ1n) is 5.42. The molecule has 0 aliphatic rings. The summed E-state index contributed by atoms with van der Waals surface area (Å²) in [6.45, 7) is 11.2. The molecule has 0 spiro atoms. The van der Waals surface area contributed by atoms with E-state index in [0.29, 0.717) is 6.61 Å². The minimum atomic E-state index is -0.531. The smallest absolute Gasteiger partial charge is 0.407 e. The zero-order valence-corrected chi connectivity index (χ0v) is 10.6. The number of nitrogens with one attached hydrogen (secondary N) is 1. The van der Waals surface area contributed by atoms with E-state index >= 15 is 0 Å². The zero-order valence-electron chi connectivity index (χ0n) is 10.6. The third-order valence-electron chi connectivity index (χ3n) is 1.65. The van der Waals surface area contributed by atoms with E-state index in [4.69, 9.17) is 0 Å². The number of ketones is 1. The highest BCUT2D eigenvalue weighted by molar-refractivity contribution is 5.85. The van der Waals surface area contributed by atoms with Gasteiger partial charge in [-0.2, -0.15) is 0 Å². The molecule has 0 saturated carbocycles. The minimum Gasteiger partial charge on any atom is -0.450 e. The molecule has 1 N–H and O–H groups in total. The molecule has 0 saturated heterocycles. The van der Waals surface area contributed by atoms with Gasteiger partial charge in [-0.15, -0.1) is 0 Å². The summed E-state index contributed by atoms with van der Waals surface area (Å²) in [6.07, 6.45) is -0.531. The molecule has 4 heteroatoms. The van der Waals surface area contributed by atoms with Crippen LogP contribution in [0.5, 0.6) is 0 Å². The summed E-state index contributed by atoms with van der Waals surface area (Å²) >= 11 is 0. The van der Waals surface area contributed by atoms with Gasteiger partial charge in [0.2, 0.25) is 0 Å². The van der Waals surface area contributed by atoms with Crippen LogP contribution in [0.15, 0.2) is 0 Å². The van der Waals surface area contributed by atoms with Gasteiger partial charge in [-0.25, -0.2) is 4.79 Å². The molecule has 0 rings (SSSR count). The number of hydrogen-bond acceptors (Lipinski definition) is 3. The van der Waals surface area contributed by atoms with Gasteiger partial charge in [-0.1, -0.05) is 27.7 Å². The fraction of sp³-hybridized carbons (Fsp3) is 0.818. The van der Waals surface area contributed by atoms with E-state index in [2.05, 4.69) is 10.1 Å². The Labute approximate surface area is 92.4 Å². The molecule has 0 aromatic heterocycles. The van der Waals surface area contributed by atoms with E-state index in [0.717, 1.165) is 0 Å². The number of rotatable bonds is 4. The first-order valence-corrected chi connectivity index (χ1v) is 5.42. The van der Waals surface area contributed by atoms with Crippen LogP contribution in [0.2, 0.25) is 0 Å².